The SMILES string of the molecule is Cc1ccc(S(=O)(=O)N(C)Cc2ccc(C(F)(F)F)cc2)cc1[N+](=O)[O-]. The summed E-state index contributed by atoms with van der Waals surface area (Å²) < 4.78 is 63.8. The molecule has 0 saturated heterocycles. The van der Waals surface area contributed by atoms with Gasteiger partial charge in [0, 0.05) is 25.2 Å². The van der Waals surface area contributed by atoms with Gasteiger partial charge in [-0.05, 0) is 30.7 Å². The van der Waals surface area contributed by atoms with Gasteiger partial charge in [-0.3, -0.25) is 10.1 Å². The molecule has 0 unspecified atom stereocenters. The van der Waals surface area contributed by atoms with Gasteiger partial charge in [-0.2, -0.15) is 17.5 Å². The zero-order valence-electron chi connectivity index (χ0n) is 13.8. The Hall–Kier alpha value is -2.46. The molecule has 0 fully saturated rings. The zero-order valence-corrected chi connectivity index (χ0v) is 14.6. The van der Waals surface area contributed by atoms with Crippen molar-refractivity contribution in [1.82, 2.24) is 4.31 Å². The quantitative estimate of drug-likeness (QED) is 0.577. The molecule has 2 aromatic carbocycles. The number of rotatable bonds is 5. The normalized spacial score (nSPS) is 12.4. The van der Waals surface area contributed by atoms with E-state index in [2.05, 4.69) is 0 Å². The largest absolute Gasteiger partial charge is 0.416 e. The molecule has 0 atom stereocenters. The number of nitro benzene ring substituents is 1. The highest BCUT2D eigenvalue weighted by atomic mass is 32.2. The molecule has 0 N–H and O–H groups in total. The van der Waals surface area contributed by atoms with Crippen LogP contribution in [0.5, 0.6) is 0 Å². The van der Waals surface area contributed by atoms with Crippen molar-refractivity contribution in [2.45, 2.75) is 24.5 Å². The smallest absolute Gasteiger partial charge is 0.258 e. The molecule has 0 aliphatic heterocycles. The van der Waals surface area contributed by atoms with Crippen LogP contribution in [-0.2, 0) is 22.7 Å². The number of nitrogens with zero attached hydrogens (tertiary/aromatic N) is 2. The van der Waals surface area contributed by atoms with Gasteiger partial charge in [-0.15, -0.1) is 0 Å². The van der Waals surface area contributed by atoms with Crippen LogP contribution in [0, 0.1) is 17.0 Å². The van der Waals surface area contributed by atoms with Crippen molar-refractivity contribution in [3.05, 3.63) is 69.3 Å². The predicted octanol–water partition coefficient (Wildman–Crippen LogP) is 3.74. The van der Waals surface area contributed by atoms with E-state index in [1.807, 2.05) is 0 Å². The minimum atomic E-state index is -4.47. The fraction of sp³-hybridized carbons (Fsp3) is 0.250. The van der Waals surface area contributed by atoms with Crippen molar-refractivity contribution in [3.63, 3.8) is 0 Å². The summed E-state index contributed by atoms with van der Waals surface area (Å²) in [6.07, 6.45) is -4.47. The van der Waals surface area contributed by atoms with Crippen molar-refractivity contribution < 1.29 is 26.5 Å². The summed E-state index contributed by atoms with van der Waals surface area (Å²) in [5, 5.41) is 11.0. The summed E-state index contributed by atoms with van der Waals surface area (Å²) in [5.41, 5.74) is -0.486. The first-order chi connectivity index (χ1) is 11.9. The number of alkyl halides is 3. The van der Waals surface area contributed by atoms with Gasteiger partial charge >= 0.3 is 6.18 Å². The Morgan fingerprint density at radius 1 is 1.12 bits per heavy atom. The number of sulfonamides is 1. The Balaban J connectivity index is 2.27. The van der Waals surface area contributed by atoms with E-state index in [4.69, 9.17) is 0 Å². The highest BCUT2D eigenvalue weighted by Crippen LogP contribution is 2.29. The van der Waals surface area contributed by atoms with E-state index >= 15 is 0 Å². The number of benzene rings is 2. The van der Waals surface area contributed by atoms with Crippen LogP contribution in [0.15, 0.2) is 47.4 Å². The molecule has 2 aromatic rings. The first-order valence-corrected chi connectivity index (χ1v) is 8.74. The lowest BCUT2D eigenvalue weighted by molar-refractivity contribution is -0.385. The number of hydrogen-bond donors (Lipinski definition) is 0. The molecule has 140 valence electrons. The molecule has 6 nitrogen and oxygen atoms in total. The van der Waals surface area contributed by atoms with Crippen LogP contribution in [0.25, 0.3) is 0 Å². The third-order valence-electron chi connectivity index (χ3n) is 3.77. The maximum Gasteiger partial charge on any atom is 0.416 e. The second-order valence-electron chi connectivity index (χ2n) is 5.66. The van der Waals surface area contributed by atoms with E-state index < -0.39 is 26.7 Å². The number of nitro groups is 1. The van der Waals surface area contributed by atoms with Crippen LogP contribution in [0.1, 0.15) is 16.7 Å². The van der Waals surface area contributed by atoms with Crippen LogP contribution >= 0.6 is 0 Å². The molecule has 0 radical (unpaired) electrons. The van der Waals surface area contributed by atoms with Crippen molar-refractivity contribution in [1.29, 1.82) is 0 Å². The maximum absolute atomic E-state index is 12.6. The van der Waals surface area contributed by atoms with E-state index in [1.54, 1.807) is 0 Å². The van der Waals surface area contributed by atoms with Gasteiger partial charge in [0.2, 0.25) is 10.0 Å². The maximum atomic E-state index is 12.6. The summed E-state index contributed by atoms with van der Waals surface area (Å²) in [6, 6.07) is 7.66. The van der Waals surface area contributed by atoms with E-state index in [-0.39, 0.29) is 17.1 Å². The molecule has 0 spiro atoms. The van der Waals surface area contributed by atoms with E-state index in [9.17, 15) is 31.7 Å². The lowest BCUT2D eigenvalue weighted by Gasteiger charge is -2.18. The fourth-order valence-corrected chi connectivity index (χ4v) is 3.45. The first-order valence-electron chi connectivity index (χ1n) is 7.30. The Bertz CT molecular complexity index is 926. The molecule has 2 rings (SSSR count). The number of hydrogen-bond acceptors (Lipinski definition) is 4. The van der Waals surface area contributed by atoms with Crippen LogP contribution < -0.4 is 0 Å². The summed E-state index contributed by atoms with van der Waals surface area (Å²) in [7, 11) is -2.79. The Labute approximate surface area is 148 Å². The molecule has 0 amide bonds. The standard InChI is InChI=1S/C16H15F3N2O4S/c1-11-3-8-14(9-15(11)21(22)23)26(24,25)20(2)10-12-4-6-13(7-5-12)16(17,18)19/h3-9H,10H2,1-2H3. The molecule has 0 saturated carbocycles. The number of aryl methyl sites for hydroxylation is 1. The molecular formula is C16H15F3N2O4S. The predicted molar refractivity (Wildman–Crippen MR) is 87.9 cm³/mol. The fourth-order valence-electron chi connectivity index (χ4n) is 2.27. The summed E-state index contributed by atoms with van der Waals surface area (Å²) >= 11 is 0. The van der Waals surface area contributed by atoms with Crippen LogP contribution in [0.4, 0.5) is 18.9 Å². The zero-order chi connectivity index (χ0) is 19.7. The second kappa shape index (κ2) is 7.04. The van der Waals surface area contributed by atoms with Crippen molar-refractivity contribution >= 4 is 15.7 Å². The summed E-state index contributed by atoms with van der Waals surface area (Å²) in [6.45, 7) is 1.31. The minimum Gasteiger partial charge on any atom is -0.258 e. The molecule has 0 aliphatic rings. The van der Waals surface area contributed by atoms with Crippen LogP contribution in [0.2, 0.25) is 0 Å². The Kier molecular flexibility index (Phi) is 5.38. The third kappa shape index (κ3) is 4.20. The number of halogens is 3. The molecule has 26 heavy (non-hydrogen) atoms. The lowest BCUT2D eigenvalue weighted by Crippen LogP contribution is -2.26. The molecule has 10 heteroatoms. The second-order valence-corrected chi connectivity index (χ2v) is 7.71. The van der Waals surface area contributed by atoms with E-state index in [0.717, 1.165) is 22.5 Å². The highest BCUT2D eigenvalue weighted by molar-refractivity contribution is 7.89. The van der Waals surface area contributed by atoms with Crippen molar-refractivity contribution in [2.24, 2.45) is 0 Å². The van der Waals surface area contributed by atoms with E-state index in [0.29, 0.717) is 11.1 Å². The Morgan fingerprint density at radius 2 is 1.69 bits per heavy atom. The average Bonchev–Trinajstić information content (AvgIpc) is 2.54. The topological polar surface area (TPSA) is 80.5 Å². The van der Waals surface area contributed by atoms with Gasteiger partial charge in [0.25, 0.3) is 5.69 Å². The monoisotopic (exact) mass is 388 g/mol. The molecular weight excluding hydrogens is 373 g/mol. The van der Waals surface area contributed by atoms with Crippen molar-refractivity contribution in [2.75, 3.05) is 7.05 Å². The Morgan fingerprint density at radius 3 is 2.19 bits per heavy atom. The summed E-state index contributed by atoms with van der Waals surface area (Å²) in [5.74, 6) is 0. The van der Waals surface area contributed by atoms with Crippen LogP contribution in [-0.4, -0.2) is 24.7 Å². The third-order valence-corrected chi connectivity index (χ3v) is 5.57. The minimum absolute atomic E-state index is 0.178. The molecule has 0 aliphatic carbocycles. The molecule has 0 heterocycles. The lowest BCUT2D eigenvalue weighted by atomic mass is 10.1. The van der Waals surface area contributed by atoms with Gasteiger partial charge in [0.05, 0.1) is 15.4 Å². The molecule has 0 aromatic heterocycles. The summed E-state index contributed by atoms with van der Waals surface area (Å²) in [4.78, 5) is 10.0. The van der Waals surface area contributed by atoms with Gasteiger partial charge in [-0.25, -0.2) is 8.42 Å². The van der Waals surface area contributed by atoms with Crippen molar-refractivity contribution in [3.8, 4) is 0 Å². The highest BCUT2D eigenvalue weighted by Gasteiger charge is 2.30. The first kappa shape index (κ1) is 19.9. The van der Waals surface area contributed by atoms with Gasteiger partial charge < -0.3 is 0 Å². The van der Waals surface area contributed by atoms with E-state index in [1.165, 1.54) is 38.2 Å². The van der Waals surface area contributed by atoms with Gasteiger partial charge in [0.15, 0.2) is 0 Å². The van der Waals surface area contributed by atoms with Gasteiger partial charge in [-0.1, -0.05) is 18.2 Å². The van der Waals surface area contributed by atoms with Crippen LogP contribution in [0.3, 0.4) is 0 Å². The molecule has 0 bridgehead atoms. The average molecular weight is 388 g/mol. The van der Waals surface area contributed by atoms with Gasteiger partial charge in [0.1, 0.15) is 0 Å².